The van der Waals surface area contributed by atoms with Gasteiger partial charge in [0.15, 0.2) is 0 Å². The van der Waals surface area contributed by atoms with Gasteiger partial charge >= 0.3 is 0 Å². The van der Waals surface area contributed by atoms with Crippen LogP contribution in [-0.2, 0) is 0 Å². The zero-order valence-electron chi connectivity index (χ0n) is 13.8. The Labute approximate surface area is 121 Å². The average Bonchev–Trinajstić information content (AvgIpc) is 2.43. The summed E-state index contributed by atoms with van der Waals surface area (Å²) in [6.45, 7) is 15.6. The molecule has 0 aromatic carbocycles. The van der Waals surface area contributed by atoms with Gasteiger partial charge in [-0.2, -0.15) is 0 Å². The van der Waals surface area contributed by atoms with Crippen LogP contribution in [0.15, 0.2) is 0 Å². The highest BCUT2D eigenvalue weighted by Gasteiger charge is 2.30. The maximum Gasteiger partial charge on any atom is 0.0107 e. The highest BCUT2D eigenvalue weighted by molar-refractivity contribution is 4.84. The van der Waals surface area contributed by atoms with Crippen LogP contribution in [0.4, 0.5) is 0 Å². The van der Waals surface area contributed by atoms with Crippen LogP contribution in [0.25, 0.3) is 0 Å². The first kappa shape index (κ1) is 17.0. The van der Waals surface area contributed by atoms with Crippen molar-refractivity contribution in [3.8, 4) is 0 Å². The fourth-order valence-corrected chi connectivity index (χ4v) is 3.21. The van der Waals surface area contributed by atoms with Gasteiger partial charge in [-0.25, -0.2) is 0 Å². The standard InChI is InChI=1S/C17H36N2/c1-5-17(6-2)9-13-19(14-10-17)15-12-18-11-7-8-16(3)4/h16,18H,5-15H2,1-4H3. The lowest BCUT2D eigenvalue weighted by Gasteiger charge is -2.41. The molecule has 0 aromatic rings. The van der Waals surface area contributed by atoms with Crippen LogP contribution in [-0.4, -0.2) is 37.6 Å². The summed E-state index contributed by atoms with van der Waals surface area (Å²) in [6.07, 6.45) is 8.23. The van der Waals surface area contributed by atoms with Crippen LogP contribution in [0.1, 0.15) is 66.2 Å². The summed E-state index contributed by atoms with van der Waals surface area (Å²) in [5.74, 6) is 0.847. The van der Waals surface area contributed by atoms with Gasteiger partial charge in [-0.1, -0.05) is 40.5 Å². The van der Waals surface area contributed by atoms with E-state index in [2.05, 4.69) is 37.9 Å². The predicted molar refractivity (Wildman–Crippen MR) is 85.6 cm³/mol. The molecule has 0 amide bonds. The Bertz CT molecular complexity index is 211. The van der Waals surface area contributed by atoms with Crippen LogP contribution in [0.2, 0.25) is 0 Å². The minimum atomic E-state index is 0.668. The van der Waals surface area contributed by atoms with E-state index in [9.17, 15) is 0 Å². The summed E-state index contributed by atoms with van der Waals surface area (Å²) in [5, 5.41) is 3.60. The molecule has 2 nitrogen and oxygen atoms in total. The third kappa shape index (κ3) is 6.27. The lowest BCUT2D eigenvalue weighted by atomic mass is 9.74. The highest BCUT2D eigenvalue weighted by atomic mass is 15.1. The fraction of sp³-hybridized carbons (Fsp3) is 1.00. The Kier molecular flexibility index (Phi) is 8.01. The van der Waals surface area contributed by atoms with Crippen molar-refractivity contribution in [1.82, 2.24) is 10.2 Å². The Balaban J connectivity index is 2.03. The molecule has 0 saturated carbocycles. The van der Waals surface area contributed by atoms with Gasteiger partial charge in [0.2, 0.25) is 0 Å². The van der Waals surface area contributed by atoms with Crippen molar-refractivity contribution < 1.29 is 0 Å². The minimum Gasteiger partial charge on any atom is -0.315 e. The molecule has 19 heavy (non-hydrogen) atoms. The molecule has 1 saturated heterocycles. The summed E-state index contributed by atoms with van der Waals surface area (Å²) in [6, 6.07) is 0. The molecule has 0 atom stereocenters. The van der Waals surface area contributed by atoms with E-state index in [1.54, 1.807) is 0 Å². The summed E-state index contributed by atoms with van der Waals surface area (Å²) < 4.78 is 0. The van der Waals surface area contributed by atoms with Gasteiger partial charge in [-0.05, 0) is 56.7 Å². The zero-order valence-corrected chi connectivity index (χ0v) is 13.8. The van der Waals surface area contributed by atoms with E-state index in [-0.39, 0.29) is 0 Å². The first-order chi connectivity index (χ1) is 9.12. The summed E-state index contributed by atoms with van der Waals surface area (Å²) in [4.78, 5) is 2.65. The Morgan fingerprint density at radius 2 is 1.68 bits per heavy atom. The molecule has 2 heteroatoms. The molecule has 0 unspecified atom stereocenters. The van der Waals surface area contributed by atoms with E-state index in [1.165, 1.54) is 71.2 Å². The van der Waals surface area contributed by atoms with Crippen molar-refractivity contribution in [3.05, 3.63) is 0 Å². The van der Waals surface area contributed by atoms with Crippen LogP contribution in [0, 0.1) is 11.3 Å². The summed E-state index contributed by atoms with van der Waals surface area (Å²) in [5.41, 5.74) is 0.668. The molecule has 0 aliphatic carbocycles. The molecule has 1 heterocycles. The van der Waals surface area contributed by atoms with Crippen molar-refractivity contribution in [2.45, 2.75) is 66.2 Å². The van der Waals surface area contributed by atoms with Crippen LogP contribution < -0.4 is 5.32 Å². The number of hydrogen-bond acceptors (Lipinski definition) is 2. The molecule has 0 aromatic heterocycles. The molecule has 1 aliphatic rings. The Morgan fingerprint density at radius 1 is 1.05 bits per heavy atom. The van der Waals surface area contributed by atoms with E-state index in [0.717, 1.165) is 5.92 Å². The molecule has 1 N–H and O–H groups in total. The van der Waals surface area contributed by atoms with Gasteiger partial charge in [-0.3, -0.25) is 0 Å². The second kappa shape index (κ2) is 8.97. The second-order valence-corrected chi connectivity index (χ2v) is 6.83. The first-order valence-corrected chi connectivity index (χ1v) is 8.55. The molecular weight excluding hydrogens is 232 g/mol. The van der Waals surface area contributed by atoms with Crippen molar-refractivity contribution in [2.75, 3.05) is 32.7 Å². The smallest absolute Gasteiger partial charge is 0.0107 e. The third-order valence-corrected chi connectivity index (χ3v) is 5.16. The van der Waals surface area contributed by atoms with Gasteiger partial charge in [0, 0.05) is 13.1 Å². The number of piperidine rings is 1. The molecule has 114 valence electrons. The monoisotopic (exact) mass is 268 g/mol. The van der Waals surface area contributed by atoms with E-state index < -0.39 is 0 Å². The maximum atomic E-state index is 3.60. The first-order valence-electron chi connectivity index (χ1n) is 8.55. The van der Waals surface area contributed by atoms with E-state index in [4.69, 9.17) is 0 Å². The van der Waals surface area contributed by atoms with Crippen molar-refractivity contribution in [3.63, 3.8) is 0 Å². The molecule has 0 spiro atoms. The molecule has 1 aliphatic heterocycles. The maximum absolute atomic E-state index is 3.60. The third-order valence-electron chi connectivity index (χ3n) is 5.16. The van der Waals surface area contributed by atoms with Gasteiger partial charge in [-0.15, -0.1) is 0 Å². The molecule has 1 rings (SSSR count). The summed E-state index contributed by atoms with van der Waals surface area (Å²) >= 11 is 0. The number of nitrogens with zero attached hydrogens (tertiary/aromatic N) is 1. The van der Waals surface area contributed by atoms with Crippen LogP contribution >= 0.6 is 0 Å². The quantitative estimate of drug-likeness (QED) is 0.638. The van der Waals surface area contributed by atoms with Crippen molar-refractivity contribution in [2.24, 2.45) is 11.3 Å². The van der Waals surface area contributed by atoms with Gasteiger partial charge in [0.05, 0.1) is 0 Å². The zero-order chi connectivity index (χ0) is 14.1. The number of likely N-dealkylation sites (tertiary alicyclic amines) is 1. The minimum absolute atomic E-state index is 0.668. The van der Waals surface area contributed by atoms with Crippen molar-refractivity contribution in [1.29, 1.82) is 0 Å². The van der Waals surface area contributed by atoms with Crippen molar-refractivity contribution >= 4 is 0 Å². The fourth-order valence-electron chi connectivity index (χ4n) is 3.21. The Morgan fingerprint density at radius 3 is 2.21 bits per heavy atom. The molecular formula is C17H36N2. The van der Waals surface area contributed by atoms with Crippen LogP contribution in [0.3, 0.4) is 0 Å². The highest BCUT2D eigenvalue weighted by Crippen LogP contribution is 2.37. The number of hydrogen-bond donors (Lipinski definition) is 1. The topological polar surface area (TPSA) is 15.3 Å². The second-order valence-electron chi connectivity index (χ2n) is 6.83. The van der Waals surface area contributed by atoms with Gasteiger partial charge in [0.25, 0.3) is 0 Å². The largest absolute Gasteiger partial charge is 0.315 e. The normalized spacial score (nSPS) is 20.1. The Hall–Kier alpha value is -0.0800. The lowest BCUT2D eigenvalue weighted by molar-refractivity contribution is 0.0961. The van der Waals surface area contributed by atoms with Gasteiger partial charge < -0.3 is 10.2 Å². The van der Waals surface area contributed by atoms with E-state index >= 15 is 0 Å². The average molecular weight is 268 g/mol. The lowest BCUT2D eigenvalue weighted by Crippen LogP contribution is -2.42. The van der Waals surface area contributed by atoms with E-state index in [1.807, 2.05) is 0 Å². The summed E-state index contributed by atoms with van der Waals surface area (Å²) in [7, 11) is 0. The van der Waals surface area contributed by atoms with Gasteiger partial charge in [0.1, 0.15) is 0 Å². The predicted octanol–water partition coefficient (Wildman–Crippen LogP) is 3.91. The van der Waals surface area contributed by atoms with Crippen LogP contribution in [0.5, 0.6) is 0 Å². The number of rotatable bonds is 9. The molecule has 0 bridgehead atoms. The SMILES string of the molecule is CCC1(CC)CCN(CCNCCCC(C)C)CC1. The number of nitrogens with one attached hydrogen (secondary N) is 1. The molecule has 0 radical (unpaired) electrons. The molecule has 1 fully saturated rings. The van der Waals surface area contributed by atoms with E-state index in [0.29, 0.717) is 5.41 Å².